The van der Waals surface area contributed by atoms with Crippen molar-refractivity contribution in [1.29, 1.82) is 0 Å². The normalized spacial score (nSPS) is 14.7. The Balaban J connectivity index is 1.51. The fraction of sp³-hybridized carbons (Fsp3) is 0.364. The first kappa shape index (κ1) is 23.2. The minimum atomic E-state index is -4.41. The lowest BCUT2D eigenvalue weighted by molar-refractivity contribution is -0.153. The van der Waals surface area contributed by atoms with Crippen molar-refractivity contribution >= 4 is 11.8 Å². The first-order valence-corrected chi connectivity index (χ1v) is 9.96. The van der Waals surface area contributed by atoms with Crippen LogP contribution < -0.4 is 19.9 Å². The highest BCUT2D eigenvalue weighted by Crippen LogP contribution is 2.26. The first-order valence-electron chi connectivity index (χ1n) is 9.96. The number of likely N-dealkylation sites (tertiary alicyclic amines) is 1. The smallest absolute Gasteiger partial charge is 0.422 e. The molecule has 0 aliphatic carbocycles. The highest BCUT2D eigenvalue weighted by Gasteiger charge is 2.29. The first-order chi connectivity index (χ1) is 15.2. The molecule has 0 atom stereocenters. The summed E-state index contributed by atoms with van der Waals surface area (Å²) in [5, 5.41) is 0. The third kappa shape index (κ3) is 7.07. The molecule has 1 saturated heterocycles. The molecule has 172 valence electrons. The van der Waals surface area contributed by atoms with E-state index >= 15 is 0 Å². The zero-order chi connectivity index (χ0) is 23.1. The van der Waals surface area contributed by atoms with Gasteiger partial charge in [0.2, 0.25) is 0 Å². The third-order valence-corrected chi connectivity index (χ3v) is 4.70. The lowest BCUT2D eigenvalue weighted by Gasteiger charge is -2.32. The summed E-state index contributed by atoms with van der Waals surface area (Å²) in [6.07, 6.45) is -3.46. The van der Waals surface area contributed by atoms with Crippen molar-refractivity contribution in [2.45, 2.75) is 25.1 Å². The van der Waals surface area contributed by atoms with E-state index in [0.717, 1.165) is 0 Å². The monoisotopic (exact) mass is 452 g/mol. The molecule has 1 heterocycles. The van der Waals surface area contributed by atoms with Gasteiger partial charge in [-0.05, 0) is 30.3 Å². The minimum Gasteiger partial charge on any atom is -0.490 e. The average Bonchev–Trinajstić information content (AvgIpc) is 2.76. The van der Waals surface area contributed by atoms with Crippen molar-refractivity contribution in [3.8, 4) is 17.2 Å². The lowest BCUT2D eigenvalue weighted by atomic mass is 10.1. The molecule has 1 fully saturated rings. The van der Waals surface area contributed by atoms with E-state index in [-0.39, 0.29) is 24.4 Å². The number of nitrogens with two attached hydrogens (primary N) is 1. The van der Waals surface area contributed by atoms with Crippen LogP contribution in [-0.2, 0) is 4.79 Å². The molecule has 2 N–H and O–H groups in total. The highest BCUT2D eigenvalue weighted by molar-refractivity contribution is 5.94. The van der Waals surface area contributed by atoms with Gasteiger partial charge in [-0.15, -0.1) is 0 Å². The van der Waals surface area contributed by atoms with Gasteiger partial charge in [-0.25, -0.2) is 0 Å². The second-order valence-corrected chi connectivity index (χ2v) is 7.27. The molecule has 0 aromatic heterocycles. The Morgan fingerprint density at radius 2 is 1.59 bits per heavy atom. The lowest BCUT2D eigenvalue weighted by Crippen LogP contribution is -2.41. The standard InChI is InChI=1S/C22H23F3N2O5/c23-22(24,25)14-31-18-5-2-6-19(12-18)32-16-7-9-27(10-8-16)21(29)15-3-1-4-17(11-15)30-13-20(26)28/h1-6,11-12,16H,7-10,13-14H2,(H2,26,28). The molecule has 2 aromatic rings. The number of halogens is 3. The molecule has 32 heavy (non-hydrogen) atoms. The molecule has 0 bridgehead atoms. The molecule has 0 saturated carbocycles. The van der Waals surface area contributed by atoms with E-state index in [1.807, 2.05) is 0 Å². The van der Waals surface area contributed by atoms with Crippen LogP contribution in [0.4, 0.5) is 13.2 Å². The van der Waals surface area contributed by atoms with Crippen LogP contribution in [0.25, 0.3) is 0 Å². The van der Waals surface area contributed by atoms with Gasteiger partial charge >= 0.3 is 6.18 Å². The number of hydrogen-bond donors (Lipinski definition) is 1. The molecule has 10 heteroatoms. The second-order valence-electron chi connectivity index (χ2n) is 7.27. The van der Waals surface area contributed by atoms with Crippen LogP contribution in [0.5, 0.6) is 17.2 Å². The SMILES string of the molecule is NC(=O)COc1cccc(C(=O)N2CCC(Oc3cccc(OCC(F)(F)F)c3)CC2)c1. The number of amides is 2. The Kier molecular flexibility index (Phi) is 7.45. The zero-order valence-corrected chi connectivity index (χ0v) is 17.1. The number of alkyl halides is 3. The van der Waals surface area contributed by atoms with E-state index in [1.54, 1.807) is 41.3 Å². The largest absolute Gasteiger partial charge is 0.490 e. The van der Waals surface area contributed by atoms with E-state index in [2.05, 4.69) is 0 Å². The van der Waals surface area contributed by atoms with Crippen LogP contribution in [-0.4, -0.2) is 55.3 Å². The van der Waals surface area contributed by atoms with Gasteiger partial charge in [-0.3, -0.25) is 9.59 Å². The van der Waals surface area contributed by atoms with Gasteiger partial charge < -0.3 is 24.8 Å². The quantitative estimate of drug-likeness (QED) is 0.665. The molecule has 1 aliphatic rings. The molecule has 0 spiro atoms. The molecular weight excluding hydrogens is 429 g/mol. The van der Waals surface area contributed by atoms with Crippen LogP contribution >= 0.6 is 0 Å². The van der Waals surface area contributed by atoms with E-state index in [0.29, 0.717) is 43.0 Å². The number of nitrogens with zero attached hydrogens (tertiary/aromatic N) is 1. The number of hydrogen-bond acceptors (Lipinski definition) is 5. The Morgan fingerprint density at radius 3 is 2.25 bits per heavy atom. The Hall–Kier alpha value is -3.43. The summed E-state index contributed by atoms with van der Waals surface area (Å²) in [6, 6.07) is 12.6. The molecule has 3 rings (SSSR count). The van der Waals surface area contributed by atoms with Crippen molar-refractivity contribution in [1.82, 2.24) is 4.90 Å². The summed E-state index contributed by atoms with van der Waals surface area (Å²) < 4.78 is 52.8. The van der Waals surface area contributed by atoms with Crippen LogP contribution in [0.3, 0.4) is 0 Å². The molecule has 0 unspecified atom stereocenters. The maximum Gasteiger partial charge on any atom is 0.422 e. The van der Waals surface area contributed by atoms with Crippen LogP contribution in [0, 0.1) is 0 Å². The number of benzene rings is 2. The van der Waals surface area contributed by atoms with Gasteiger partial charge in [0.25, 0.3) is 11.8 Å². The summed E-state index contributed by atoms with van der Waals surface area (Å²) in [6.45, 7) is -0.727. The van der Waals surface area contributed by atoms with Crippen molar-refractivity contribution in [3.05, 3.63) is 54.1 Å². The summed E-state index contributed by atoms with van der Waals surface area (Å²) >= 11 is 0. The van der Waals surface area contributed by atoms with Crippen LogP contribution in [0.15, 0.2) is 48.5 Å². The molecule has 1 aliphatic heterocycles. The van der Waals surface area contributed by atoms with Crippen molar-refractivity contribution < 1.29 is 37.0 Å². The molecule has 7 nitrogen and oxygen atoms in total. The molecule has 0 radical (unpaired) electrons. The van der Waals surface area contributed by atoms with Crippen LogP contribution in [0.1, 0.15) is 23.2 Å². The van der Waals surface area contributed by atoms with E-state index < -0.39 is 18.7 Å². The Morgan fingerprint density at radius 1 is 0.969 bits per heavy atom. The highest BCUT2D eigenvalue weighted by atomic mass is 19.4. The van der Waals surface area contributed by atoms with Gasteiger partial charge in [0.1, 0.15) is 23.4 Å². The predicted molar refractivity (Wildman–Crippen MR) is 109 cm³/mol. The number of piperidine rings is 1. The van der Waals surface area contributed by atoms with Gasteiger partial charge in [0, 0.05) is 37.6 Å². The summed E-state index contributed by atoms with van der Waals surface area (Å²) in [7, 11) is 0. The number of carbonyl (C=O) groups is 2. The predicted octanol–water partition coefficient (Wildman–Crippen LogP) is 3.18. The van der Waals surface area contributed by atoms with Crippen molar-refractivity contribution in [3.63, 3.8) is 0 Å². The van der Waals surface area contributed by atoms with E-state index in [9.17, 15) is 22.8 Å². The van der Waals surface area contributed by atoms with Crippen molar-refractivity contribution in [2.75, 3.05) is 26.3 Å². The number of rotatable bonds is 8. The number of carbonyl (C=O) groups excluding carboxylic acids is 2. The van der Waals surface area contributed by atoms with Gasteiger partial charge in [-0.2, -0.15) is 13.2 Å². The van der Waals surface area contributed by atoms with E-state index in [1.165, 1.54) is 12.1 Å². The summed E-state index contributed by atoms with van der Waals surface area (Å²) in [5.41, 5.74) is 5.49. The van der Waals surface area contributed by atoms with Gasteiger partial charge in [-0.1, -0.05) is 12.1 Å². The molecule has 2 amide bonds. The summed E-state index contributed by atoms with van der Waals surface area (Å²) in [5.74, 6) is 0.0805. The minimum absolute atomic E-state index is 0.0749. The summed E-state index contributed by atoms with van der Waals surface area (Å²) in [4.78, 5) is 25.3. The maximum absolute atomic E-state index is 12.8. The number of primary amides is 1. The van der Waals surface area contributed by atoms with Gasteiger partial charge in [0.05, 0.1) is 0 Å². The topological polar surface area (TPSA) is 91.1 Å². The van der Waals surface area contributed by atoms with Crippen molar-refractivity contribution in [2.24, 2.45) is 5.73 Å². The second kappa shape index (κ2) is 10.3. The Bertz CT molecular complexity index is 943. The fourth-order valence-electron chi connectivity index (χ4n) is 3.23. The van der Waals surface area contributed by atoms with E-state index in [4.69, 9.17) is 19.9 Å². The van der Waals surface area contributed by atoms with Gasteiger partial charge in [0.15, 0.2) is 13.2 Å². The van der Waals surface area contributed by atoms with Crippen LogP contribution in [0.2, 0.25) is 0 Å². The number of ether oxygens (including phenoxy) is 3. The molecular formula is C22H23F3N2O5. The molecule has 2 aromatic carbocycles. The third-order valence-electron chi connectivity index (χ3n) is 4.70. The fourth-order valence-corrected chi connectivity index (χ4v) is 3.23. The Labute approximate surface area is 182 Å². The zero-order valence-electron chi connectivity index (χ0n) is 17.1. The average molecular weight is 452 g/mol. The maximum atomic E-state index is 12.8.